The van der Waals surface area contributed by atoms with Gasteiger partial charge in [-0.15, -0.1) is 0 Å². The van der Waals surface area contributed by atoms with Crippen LogP contribution >= 0.6 is 0 Å². The predicted molar refractivity (Wildman–Crippen MR) is 155 cm³/mol. The fourth-order valence-corrected chi connectivity index (χ4v) is 8.70. The number of hydrogen-bond donors (Lipinski definition) is 3. The van der Waals surface area contributed by atoms with E-state index in [1.54, 1.807) is 0 Å². The highest BCUT2D eigenvalue weighted by molar-refractivity contribution is 5.94. The molecule has 3 heterocycles. The molecule has 5 aliphatic rings. The molecule has 6 nitrogen and oxygen atoms in total. The highest BCUT2D eigenvalue weighted by Crippen LogP contribution is 2.69. The Hall–Kier alpha value is -3.48. The van der Waals surface area contributed by atoms with Crippen molar-refractivity contribution in [2.24, 2.45) is 5.92 Å². The summed E-state index contributed by atoms with van der Waals surface area (Å²) in [5.74, 6) is 2.40. The number of aromatic nitrogens is 1. The van der Waals surface area contributed by atoms with E-state index in [1.807, 2.05) is 18.2 Å². The Balaban J connectivity index is 1.19. The lowest BCUT2D eigenvalue weighted by molar-refractivity contribution is -0.173. The van der Waals surface area contributed by atoms with Crippen molar-refractivity contribution in [2.45, 2.75) is 61.7 Å². The molecule has 0 unspecified atom stereocenters. The van der Waals surface area contributed by atoms with Crippen LogP contribution in [-0.2, 0) is 24.7 Å². The third-order valence-electron chi connectivity index (χ3n) is 10.7. The monoisotopic (exact) mass is 533 g/mol. The van der Waals surface area contributed by atoms with Crippen molar-refractivity contribution in [3.05, 3.63) is 88.6 Å². The lowest BCUT2D eigenvalue weighted by atomic mass is 9.49. The number of likely N-dealkylation sites (tertiary alicyclic amines) is 1. The third kappa shape index (κ3) is 2.96. The molecule has 2 aliphatic heterocycles. The minimum atomic E-state index is -0.932. The number of fused-ring (bicyclic) bond motifs is 4. The number of nitrogens with one attached hydrogen (secondary N) is 1. The maximum atomic E-state index is 13.1. The summed E-state index contributed by atoms with van der Waals surface area (Å²) >= 11 is 0. The van der Waals surface area contributed by atoms with Gasteiger partial charge in [0.2, 0.25) is 0 Å². The Bertz CT molecular complexity index is 1660. The first-order valence-corrected chi connectivity index (χ1v) is 14.9. The minimum Gasteiger partial charge on any atom is -0.489 e. The zero-order valence-corrected chi connectivity index (χ0v) is 22.7. The van der Waals surface area contributed by atoms with Gasteiger partial charge in [-0.1, -0.05) is 48.5 Å². The highest BCUT2D eigenvalue weighted by Gasteiger charge is 2.73. The molecule has 2 bridgehead atoms. The van der Waals surface area contributed by atoms with Crippen LogP contribution in [0.2, 0.25) is 0 Å². The van der Waals surface area contributed by atoms with Crippen LogP contribution in [0.15, 0.2) is 60.7 Å². The molecule has 1 aromatic heterocycles. The molecule has 1 saturated carbocycles. The summed E-state index contributed by atoms with van der Waals surface area (Å²) in [7, 11) is 0. The van der Waals surface area contributed by atoms with E-state index >= 15 is 0 Å². The van der Waals surface area contributed by atoms with E-state index in [1.165, 1.54) is 29.5 Å². The molecule has 3 aromatic carbocycles. The molecule has 40 heavy (non-hydrogen) atoms. The van der Waals surface area contributed by atoms with Gasteiger partial charge in [0.05, 0.1) is 34.5 Å². The summed E-state index contributed by atoms with van der Waals surface area (Å²) in [4.78, 5) is 6.30. The summed E-state index contributed by atoms with van der Waals surface area (Å²) in [5, 5.41) is 14.2. The Labute approximate surface area is 234 Å². The van der Waals surface area contributed by atoms with Crippen molar-refractivity contribution in [2.75, 3.05) is 25.4 Å². The standard InChI is InChI=1S/C34H35N3O3/c35-25-8-4-7-23-24-18-34(38)27-17-22-11-12-26(39-16-13-20-5-2-1-3-6-20)31-28(22)33(34,14-15-37(27)19-21-9-10-21)32(40-31)30(24)36-29(23)25/h1-8,11-12,21,27,32,36,38H,9-10,13-19,35H2/t27-,32+,33+,34-/m1/s1. The van der Waals surface area contributed by atoms with Crippen molar-refractivity contribution >= 4 is 16.6 Å². The first kappa shape index (κ1) is 23.2. The van der Waals surface area contributed by atoms with E-state index < -0.39 is 11.0 Å². The molecule has 3 aliphatic carbocycles. The number of para-hydroxylation sites is 1. The van der Waals surface area contributed by atoms with Gasteiger partial charge >= 0.3 is 0 Å². The fraction of sp³-hybridized carbons (Fsp3) is 0.412. The number of H-pyrrole nitrogens is 1. The largest absolute Gasteiger partial charge is 0.489 e. The van der Waals surface area contributed by atoms with Gasteiger partial charge in [-0.2, -0.15) is 0 Å². The smallest absolute Gasteiger partial charge is 0.166 e. The van der Waals surface area contributed by atoms with E-state index in [0.717, 1.165) is 77.6 Å². The minimum absolute atomic E-state index is 0.0652. The number of piperidine rings is 1. The number of nitrogen functional groups attached to an aromatic ring is 1. The van der Waals surface area contributed by atoms with E-state index in [9.17, 15) is 5.11 Å². The van der Waals surface area contributed by atoms with E-state index in [4.69, 9.17) is 15.2 Å². The van der Waals surface area contributed by atoms with Crippen LogP contribution in [0.4, 0.5) is 5.69 Å². The number of anilines is 1. The SMILES string of the molecule is Nc1cccc2c3c([nH]c12)[C@@H]1Oc2c(OCCc4ccccc4)ccc4c2[C@@]12CCN(CC1CC1)[C@H](C4)[C@]2(O)C3. The first-order valence-electron chi connectivity index (χ1n) is 14.9. The Morgan fingerprint density at radius 1 is 1.07 bits per heavy atom. The number of hydrogen-bond acceptors (Lipinski definition) is 5. The molecule has 0 radical (unpaired) electrons. The van der Waals surface area contributed by atoms with Crippen molar-refractivity contribution in [1.82, 2.24) is 9.88 Å². The van der Waals surface area contributed by atoms with Crippen LogP contribution in [0.25, 0.3) is 10.9 Å². The second-order valence-electron chi connectivity index (χ2n) is 12.8. The van der Waals surface area contributed by atoms with E-state index in [2.05, 4.69) is 52.3 Å². The Morgan fingerprint density at radius 3 is 2.80 bits per heavy atom. The Morgan fingerprint density at radius 2 is 1.95 bits per heavy atom. The zero-order valence-electron chi connectivity index (χ0n) is 22.7. The second kappa shape index (κ2) is 8.05. The van der Waals surface area contributed by atoms with E-state index in [0.29, 0.717) is 13.0 Å². The molecular weight excluding hydrogens is 498 g/mol. The maximum absolute atomic E-state index is 13.1. The van der Waals surface area contributed by atoms with Gasteiger partial charge in [-0.3, -0.25) is 4.90 Å². The molecular formula is C34H35N3O3. The molecule has 9 rings (SSSR count). The molecule has 4 atom stereocenters. The van der Waals surface area contributed by atoms with Gasteiger partial charge in [0.15, 0.2) is 17.6 Å². The fourth-order valence-electron chi connectivity index (χ4n) is 8.70. The molecule has 4 aromatic rings. The zero-order chi connectivity index (χ0) is 26.6. The normalized spacial score (nSPS) is 29.6. The van der Waals surface area contributed by atoms with Crippen LogP contribution < -0.4 is 15.2 Å². The Kier molecular flexibility index (Phi) is 4.68. The number of nitrogens with two attached hydrogens (primary N) is 1. The summed E-state index contributed by atoms with van der Waals surface area (Å²) in [6, 6.07) is 21.0. The maximum Gasteiger partial charge on any atom is 0.166 e. The number of benzene rings is 3. The molecule has 0 amide bonds. The molecule has 4 N–H and O–H groups in total. The number of rotatable bonds is 6. The first-order chi connectivity index (χ1) is 19.6. The highest BCUT2D eigenvalue weighted by atomic mass is 16.5. The topological polar surface area (TPSA) is 83.7 Å². The van der Waals surface area contributed by atoms with Crippen molar-refractivity contribution in [3.63, 3.8) is 0 Å². The van der Waals surface area contributed by atoms with E-state index in [-0.39, 0.29) is 12.1 Å². The van der Waals surface area contributed by atoms with Crippen molar-refractivity contribution in [1.29, 1.82) is 0 Å². The number of ether oxygens (including phenoxy) is 2. The van der Waals surface area contributed by atoms with Gasteiger partial charge in [0.1, 0.15) is 0 Å². The second-order valence-corrected chi connectivity index (χ2v) is 12.8. The molecule has 1 saturated heterocycles. The van der Waals surface area contributed by atoms with Crippen LogP contribution in [0.1, 0.15) is 53.3 Å². The lowest BCUT2D eigenvalue weighted by Crippen LogP contribution is -2.74. The van der Waals surface area contributed by atoms with Crippen molar-refractivity contribution < 1.29 is 14.6 Å². The van der Waals surface area contributed by atoms with Crippen LogP contribution in [0.5, 0.6) is 11.5 Å². The summed E-state index contributed by atoms with van der Waals surface area (Å²) < 4.78 is 13.5. The molecule has 2 fully saturated rings. The summed E-state index contributed by atoms with van der Waals surface area (Å²) in [6.07, 6.45) is 5.48. The van der Waals surface area contributed by atoms with Gasteiger partial charge in [-0.25, -0.2) is 0 Å². The van der Waals surface area contributed by atoms with Crippen molar-refractivity contribution in [3.8, 4) is 11.5 Å². The predicted octanol–water partition coefficient (Wildman–Crippen LogP) is 5.07. The number of aromatic amines is 1. The molecule has 1 spiro atoms. The van der Waals surface area contributed by atoms with Gasteiger partial charge < -0.3 is 25.3 Å². The van der Waals surface area contributed by atoms with Crippen LogP contribution in [0, 0.1) is 5.92 Å². The molecule has 6 heteroatoms. The average molecular weight is 534 g/mol. The summed E-state index contributed by atoms with van der Waals surface area (Å²) in [5.41, 5.74) is 12.7. The lowest BCUT2D eigenvalue weighted by Gasteiger charge is -2.62. The number of nitrogens with zero attached hydrogens (tertiary/aromatic N) is 1. The van der Waals surface area contributed by atoms with Gasteiger partial charge in [-0.05, 0) is 67.0 Å². The average Bonchev–Trinajstić information content (AvgIpc) is 3.59. The van der Waals surface area contributed by atoms with Gasteiger partial charge in [0.25, 0.3) is 0 Å². The van der Waals surface area contributed by atoms with Gasteiger partial charge in [0, 0.05) is 36.4 Å². The number of aliphatic hydroxyl groups is 1. The third-order valence-corrected chi connectivity index (χ3v) is 10.7. The molecule has 204 valence electrons. The van der Waals surface area contributed by atoms with Crippen LogP contribution in [-0.4, -0.2) is 46.3 Å². The summed E-state index contributed by atoms with van der Waals surface area (Å²) in [6.45, 7) is 2.65. The quantitative estimate of drug-likeness (QED) is 0.302. The van der Waals surface area contributed by atoms with Crippen LogP contribution in [0.3, 0.4) is 0 Å².